The molecule has 3 aromatic rings. The number of hydrogen-bond donors (Lipinski definition) is 3. The molecular formula is C21H21N3O2S. The molecule has 4 rings (SSSR count). The predicted molar refractivity (Wildman–Crippen MR) is 109 cm³/mol. The molecule has 0 saturated carbocycles. The summed E-state index contributed by atoms with van der Waals surface area (Å²) in [7, 11) is 0. The molecule has 0 unspecified atom stereocenters. The molecule has 0 spiro atoms. The van der Waals surface area contributed by atoms with E-state index in [9.17, 15) is 9.59 Å². The van der Waals surface area contributed by atoms with Gasteiger partial charge < -0.3 is 10.3 Å². The minimum absolute atomic E-state index is 0.0184. The predicted octanol–water partition coefficient (Wildman–Crippen LogP) is 4.13. The van der Waals surface area contributed by atoms with E-state index in [4.69, 9.17) is 12.2 Å². The van der Waals surface area contributed by atoms with Crippen LogP contribution in [0.15, 0.2) is 47.3 Å². The summed E-state index contributed by atoms with van der Waals surface area (Å²) in [6, 6.07) is 13.3. The van der Waals surface area contributed by atoms with Gasteiger partial charge in [0, 0.05) is 5.56 Å². The largest absolute Gasteiger partial charge is 0.345 e. The van der Waals surface area contributed by atoms with Crippen molar-refractivity contribution in [1.82, 2.24) is 15.3 Å². The number of H-pyrrole nitrogens is 2. The number of rotatable bonds is 2. The maximum Gasteiger partial charge on any atom is 0.259 e. The molecule has 5 nitrogen and oxygen atoms in total. The van der Waals surface area contributed by atoms with Crippen LogP contribution in [0.3, 0.4) is 0 Å². The van der Waals surface area contributed by atoms with Crippen LogP contribution in [0.2, 0.25) is 0 Å². The summed E-state index contributed by atoms with van der Waals surface area (Å²) >= 11 is 5.02. The van der Waals surface area contributed by atoms with Crippen molar-refractivity contribution in [3.63, 3.8) is 0 Å². The molecule has 138 valence electrons. The van der Waals surface area contributed by atoms with Gasteiger partial charge in [0.1, 0.15) is 0 Å². The number of benzene rings is 2. The lowest BCUT2D eigenvalue weighted by atomic mass is 9.71. The molecule has 0 saturated heterocycles. The Bertz CT molecular complexity index is 1160. The van der Waals surface area contributed by atoms with E-state index in [2.05, 4.69) is 41.3 Å². The molecule has 0 bridgehead atoms. The van der Waals surface area contributed by atoms with Crippen molar-refractivity contribution in [2.75, 3.05) is 0 Å². The van der Waals surface area contributed by atoms with E-state index in [-0.39, 0.29) is 27.7 Å². The molecule has 6 heteroatoms. The smallest absolute Gasteiger partial charge is 0.259 e. The number of fused-ring (bicyclic) bond motifs is 2. The molecule has 1 atom stereocenters. The van der Waals surface area contributed by atoms with Gasteiger partial charge in [-0.15, -0.1) is 0 Å². The fraction of sp³-hybridized carbons (Fsp3) is 0.286. The van der Waals surface area contributed by atoms with Crippen molar-refractivity contribution in [3.8, 4) is 0 Å². The van der Waals surface area contributed by atoms with Crippen LogP contribution in [-0.2, 0) is 5.41 Å². The third-order valence-electron chi connectivity index (χ3n) is 5.43. The second-order valence-corrected chi connectivity index (χ2v) is 8.11. The Balaban J connectivity index is 1.66. The molecule has 1 aliphatic rings. The zero-order chi connectivity index (χ0) is 19.2. The average molecular weight is 379 g/mol. The Kier molecular flexibility index (Phi) is 4.23. The Morgan fingerprint density at radius 1 is 1.19 bits per heavy atom. The van der Waals surface area contributed by atoms with Crippen LogP contribution in [0.5, 0.6) is 0 Å². The molecule has 1 aromatic heterocycles. The van der Waals surface area contributed by atoms with E-state index >= 15 is 0 Å². The second-order valence-electron chi connectivity index (χ2n) is 7.70. The summed E-state index contributed by atoms with van der Waals surface area (Å²) in [6.45, 7) is 4.49. The van der Waals surface area contributed by atoms with Crippen LogP contribution in [-0.4, -0.2) is 15.9 Å². The number of amides is 1. The summed E-state index contributed by atoms with van der Waals surface area (Å²) in [4.78, 5) is 30.3. The van der Waals surface area contributed by atoms with E-state index in [0.29, 0.717) is 16.5 Å². The lowest BCUT2D eigenvalue weighted by molar-refractivity contribution is 0.0929. The van der Waals surface area contributed by atoms with Gasteiger partial charge >= 0.3 is 0 Å². The first-order chi connectivity index (χ1) is 12.8. The molecule has 2 aromatic carbocycles. The number of carbonyl (C=O) groups excluding carboxylic acids is 1. The quantitative estimate of drug-likeness (QED) is 0.586. The van der Waals surface area contributed by atoms with Crippen molar-refractivity contribution in [2.24, 2.45) is 0 Å². The lowest BCUT2D eigenvalue weighted by Gasteiger charge is -2.37. The Labute approximate surface area is 161 Å². The fourth-order valence-corrected chi connectivity index (χ4v) is 4.12. The van der Waals surface area contributed by atoms with Gasteiger partial charge in [0.05, 0.1) is 16.9 Å². The highest BCUT2D eigenvalue weighted by molar-refractivity contribution is 7.71. The fourth-order valence-electron chi connectivity index (χ4n) is 3.91. The maximum absolute atomic E-state index is 12.9. The third kappa shape index (κ3) is 3.21. The topological polar surface area (TPSA) is 77.8 Å². The molecule has 0 aliphatic heterocycles. The van der Waals surface area contributed by atoms with Crippen LogP contribution in [0, 0.1) is 4.77 Å². The van der Waals surface area contributed by atoms with E-state index in [1.165, 1.54) is 11.1 Å². The van der Waals surface area contributed by atoms with Crippen LogP contribution in [0.25, 0.3) is 10.9 Å². The van der Waals surface area contributed by atoms with E-state index in [1.807, 2.05) is 12.1 Å². The Morgan fingerprint density at radius 2 is 1.96 bits per heavy atom. The average Bonchev–Trinajstić information content (AvgIpc) is 2.63. The maximum atomic E-state index is 12.9. The van der Waals surface area contributed by atoms with Gasteiger partial charge in [-0.25, -0.2) is 0 Å². The van der Waals surface area contributed by atoms with Gasteiger partial charge in [-0.2, -0.15) is 0 Å². The minimum Gasteiger partial charge on any atom is -0.345 e. The second kappa shape index (κ2) is 6.46. The lowest BCUT2D eigenvalue weighted by Crippen LogP contribution is -2.35. The van der Waals surface area contributed by atoms with Gasteiger partial charge in [-0.3, -0.25) is 14.6 Å². The zero-order valence-corrected chi connectivity index (χ0v) is 16.1. The van der Waals surface area contributed by atoms with Crippen LogP contribution in [0.1, 0.15) is 54.2 Å². The molecule has 1 amide bonds. The Morgan fingerprint density at radius 3 is 2.78 bits per heavy atom. The summed E-state index contributed by atoms with van der Waals surface area (Å²) in [5, 5.41) is 3.64. The summed E-state index contributed by atoms with van der Waals surface area (Å²) in [6.07, 6.45) is 1.90. The van der Waals surface area contributed by atoms with Gasteiger partial charge in [0.25, 0.3) is 11.5 Å². The first-order valence-electron chi connectivity index (χ1n) is 9.02. The highest BCUT2D eigenvalue weighted by atomic mass is 32.1. The number of nitrogens with one attached hydrogen (secondary N) is 3. The SMILES string of the molecule is CC1(C)CC[C@H](NC(=O)c2ccc3c(=O)[nH]c(=S)[nH]c3c2)c2ccccc21. The van der Waals surface area contributed by atoms with Crippen molar-refractivity contribution in [3.05, 3.63) is 74.3 Å². The van der Waals surface area contributed by atoms with Crippen molar-refractivity contribution in [2.45, 2.75) is 38.1 Å². The first-order valence-corrected chi connectivity index (χ1v) is 9.43. The normalized spacial score (nSPS) is 18.1. The minimum atomic E-state index is -0.260. The van der Waals surface area contributed by atoms with Gasteiger partial charge in [0.2, 0.25) is 0 Å². The first kappa shape index (κ1) is 17.7. The number of carbonyl (C=O) groups is 1. The third-order valence-corrected chi connectivity index (χ3v) is 5.63. The summed E-state index contributed by atoms with van der Waals surface area (Å²) in [5.74, 6) is -0.156. The van der Waals surface area contributed by atoms with Crippen LogP contribution < -0.4 is 10.9 Å². The molecule has 1 aliphatic carbocycles. The van der Waals surface area contributed by atoms with Gasteiger partial charge in [0.15, 0.2) is 4.77 Å². The monoisotopic (exact) mass is 379 g/mol. The molecule has 0 fully saturated rings. The van der Waals surface area contributed by atoms with Gasteiger partial charge in [-0.05, 0) is 59.8 Å². The van der Waals surface area contributed by atoms with Crippen molar-refractivity contribution < 1.29 is 4.79 Å². The standard InChI is InChI=1S/C21H21N3O2S/c1-21(2)10-9-16(13-5-3-4-6-15(13)21)22-18(25)12-7-8-14-17(11-12)23-20(27)24-19(14)26/h3-8,11,16H,9-10H2,1-2H3,(H,22,25)(H2,23,24,26,27)/t16-/m0/s1. The van der Waals surface area contributed by atoms with Gasteiger partial charge in [-0.1, -0.05) is 38.1 Å². The highest BCUT2D eigenvalue weighted by Gasteiger charge is 2.33. The highest BCUT2D eigenvalue weighted by Crippen LogP contribution is 2.41. The Hall–Kier alpha value is -2.73. The molecule has 3 N–H and O–H groups in total. The molecule has 1 heterocycles. The van der Waals surface area contributed by atoms with Crippen LogP contribution in [0.4, 0.5) is 0 Å². The van der Waals surface area contributed by atoms with E-state index < -0.39 is 0 Å². The zero-order valence-electron chi connectivity index (χ0n) is 15.3. The summed E-state index contributed by atoms with van der Waals surface area (Å²) in [5.41, 5.74) is 3.37. The summed E-state index contributed by atoms with van der Waals surface area (Å²) < 4.78 is 0.244. The number of aromatic nitrogens is 2. The number of aromatic amines is 2. The molecular weight excluding hydrogens is 358 g/mol. The van der Waals surface area contributed by atoms with Crippen LogP contribution >= 0.6 is 12.2 Å². The molecule has 0 radical (unpaired) electrons. The van der Waals surface area contributed by atoms with E-state index in [0.717, 1.165) is 12.8 Å². The van der Waals surface area contributed by atoms with E-state index in [1.54, 1.807) is 18.2 Å². The van der Waals surface area contributed by atoms with Crippen molar-refractivity contribution in [1.29, 1.82) is 0 Å². The molecule has 27 heavy (non-hydrogen) atoms. The van der Waals surface area contributed by atoms with Crippen molar-refractivity contribution >= 4 is 29.0 Å². The number of hydrogen-bond acceptors (Lipinski definition) is 3.